The van der Waals surface area contributed by atoms with Gasteiger partial charge in [-0.2, -0.15) is 0 Å². The lowest BCUT2D eigenvalue weighted by atomic mass is 10.0. The lowest BCUT2D eigenvalue weighted by molar-refractivity contribution is 0.668. The highest BCUT2D eigenvalue weighted by molar-refractivity contribution is 6.30. The highest BCUT2D eigenvalue weighted by Crippen LogP contribution is 2.35. The van der Waals surface area contributed by atoms with Crippen LogP contribution in [-0.2, 0) is 0 Å². The zero-order chi connectivity index (χ0) is 51.9. The maximum atomic E-state index is 6.07. The molecule has 3 N–H and O–H groups in total. The molecule has 0 amide bonds. The molecular weight excluding hydrogens is 960 g/mol. The van der Waals surface area contributed by atoms with Crippen LogP contribution < -0.4 is 11.1 Å². The Bertz CT molecular complexity index is 4250. The van der Waals surface area contributed by atoms with E-state index in [-0.39, 0.29) is 0 Å². The number of nitrogen functional groups attached to an aromatic ring is 1. The van der Waals surface area contributed by atoms with Crippen molar-refractivity contribution in [2.24, 2.45) is 0 Å². The fourth-order valence-electron chi connectivity index (χ4n) is 9.76. The molecule has 0 saturated carbocycles. The fraction of sp³-hybridized carbons (Fsp3) is 0. The van der Waals surface area contributed by atoms with E-state index in [1.807, 2.05) is 97.1 Å². The lowest BCUT2D eigenvalue weighted by Crippen LogP contribution is -1.90. The minimum absolute atomic E-state index is 0.749. The third-order valence-electron chi connectivity index (χ3n) is 13.9. The Hall–Kier alpha value is -9.87. The van der Waals surface area contributed by atoms with Crippen molar-refractivity contribution in [1.29, 1.82) is 0 Å². The molecule has 2 heterocycles. The summed E-state index contributed by atoms with van der Waals surface area (Å²) in [4.78, 5) is 0. The van der Waals surface area contributed by atoms with Crippen LogP contribution in [0.4, 0.5) is 17.1 Å². The Morgan fingerprint density at radius 1 is 0.247 bits per heavy atom. The first-order valence-electron chi connectivity index (χ1n) is 25.7. The van der Waals surface area contributed by atoms with Crippen molar-refractivity contribution in [2.45, 2.75) is 0 Å². The molecule has 0 radical (unpaired) electrons. The number of fused-ring (bicyclic) bond motifs is 6. The van der Waals surface area contributed by atoms with E-state index >= 15 is 0 Å². The number of nitrogens with one attached hydrogen (secondary N) is 1. The Labute approximate surface area is 452 Å². The topological polar surface area (TPSA) is 64.3 Å². The van der Waals surface area contributed by atoms with Crippen molar-refractivity contribution in [1.82, 2.24) is 0 Å². The first-order chi connectivity index (χ1) is 37.9. The van der Waals surface area contributed by atoms with E-state index in [2.05, 4.69) is 199 Å². The van der Waals surface area contributed by atoms with Crippen molar-refractivity contribution in [2.75, 3.05) is 11.1 Å². The average molecular weight is 1010 g/mol. The Morgan fingerprint density at radius 2 is 0.519 bits per heavy atom. The SMILES string of the molecule is Clc1ccc(-c2ccc3c(c2)oc2ccccc23)cc1.Nc1ccc(-c2ccc(-c3ccccc3)cc2)cc1.c1ccc(-c2ccc(-c3ccc(Nc4ccc(-c5ccc6c(c5)oc5ccccc56)cc4)cc3)cc2)cc1. The van der Waals surface area contributed by atoms with E-state index in [9.17, 15) is 0 Å². The van der Waals surface area contributed by atoms with Crippen LogP contribution >= 0.6 is 11.6 Å². The smallest absolute Gasteiger partial charge is 0.136 e. The van der Waals surface area contributed by atoms with Crippen LogP contribution in [0.15, 0.2) is 300 Å². The van der Waals surface area contributed by atoms with Gasteiger partial charge >= 0.3 is 0 Å². The summed E-state index contributed by atoms with van der Waals surface area (Å²) in [6.07, 6.45) is 0. The van der Waals surface area contributed by atoms with E-state index in [1.165, 1.54) is 44.5 Å². The zero-order valence-corrected chi connectivity index (χ0v) is 42.7. The van der Waals surface area contributed by atoms with E-state index in [4.69, 9.17) is 26.2 Å². The summed E-state index contributed by atoms with van der Waals surface area (Å²) in [7, 11) is 0. The molecule has 0 saturated heterocycles. The number of benzene rings is 12. The van der Waals surface area contributed by atoms with Gasteiger partial charge in [0.15, 0.2) is 0 Å². The molecule has 0 atom stereocenters. The van der Waals surface area contributed by atoms with Gasteiger partial charge in [0.25, 0.3) is 0 Å². The number of hydrogen-bond acceptors (Lipinski definition) is 4. The van der Waals surface area contributed by atoms with Gasteiger partial charge in [-0.25, -0.2) is 0 Å². The summed E-state index contributed by atoms with van der Waals surface area (Å²) >= 11 is 5.93. The number of anilines is 3. The van der Waals surface area contributed by atoms with E-state index in [0.29, 0.717) is 0 Å². The number of hydrogen-bond donors (Lipinski definition) is 2. The summed E-state index contributed by atoms with van der Waals surface area (Å²) < 4.78 is 12.0. The predicted molar refractivity (Wildman–Crippen MR) is 326 cm³/mol. The minimum Gasteiger partial charge on any atom is -0.456 e. The van der Waals surface area contributed by atoms with Gasteiger partial charge < -0.3 is 19.9 Å². The summed E-state index contributed by atoms with van der Waals surface area (Å²) in [5.74, 6) is 0. The minimum atomic E-state index is 0.749. The molecule has 0 fully saturated rings. The molecule has 0 unspecified atom stereocenters. The first-order valence-corrected chi connectivity index (χ1v) is 26.1. The largest absolute Gasteiger partial charge is 0.456 e. The first kappa shape index (κ1) is 48.1. The van der Waals surface area contributed by atoms with E-state index < -0.39 is 0 Å². The monoisotopic (exact) mass is 1010 g/mol. The number of nitrogens with two attached hydrogens (primary N) is 1. The van der Waals surface area contributed by atoms with Gasteiger partial charge in [-0.05, 0) is 152 Å². The van der Waals surface area contributed by atoms with Gasteiger partial charge in [0.1, 0.15) is 22.3 Å². The second-order valence-electron chi connectivity index (χ2n) is 18.9. The van der Waals surface area contributed by atoms with E-state index in [1.54, 1.807) is 0 Å². The quantitative estimate of drug-likeness (QED) is 0.149. The molecule has 14 aromatic rings. The number of halogens is 1. The standard InChI is InChI=1S/C36H25NO.C18H11ClO.C18H15N/c1-2-6-25(7-3-1)26-10-12-27(13-11-26)28-14-19-31(20-15-28)37-32-21-16-29(17-22-32)30-18-23-34-33-8-4-5-9-35(33)38-36(34)24-30;19-14-8-5-12(6-9-14)13-7-10-16-15-3-1-2-4-17(15)20-18(16)11-13;19-18-12-10-17(11-13-18)16-8-6-15(7-9-16)14-4-2-1-3-5-14/h1-24,37H;1-11H;1-13H,19H2. The summed E-state index contributed by atoms with van der Waals surface area (Å²) in [6.45, 7) is 0. The van der Waals surface area contributed by atoms with Crippen LogP contribution in [0.5, 0.6) is 0 Å². The Morgan fingerprint density at radius 3 is 0.909 bits per heavy atom. The number of para-hydroxylation sites is 2. The molecule has 368 valence electrons. The normalized spacial score (nSPS) is 11.0. The van der Waals surface area contributed by atoms with Crippen molar-refractivity contribution in [3.8, 4) is 66.8 Å². The molecule has 77 heavy (non-hydrogen) atoms. The Kier molecular flexibility index (Phi) is 13.7. The van der Waals surface area contributed by atoms with Gasteiger partial charge in [0, 0.05) is 43.6 Å². The van der Waals surface area contributed by atoms with Crippen molar-refractivity contribution >= 4 is 72.5 Å². The second kappa shape index (κ2) is 21.9. The van der Waals surface area contributed by atoms with Gasteiger partial charge in [0.2, 0.25) is 0 Å². The highest BCUT2D eigenvalue weighted by Gasteiger charge is 2.10. The predicted octanol–water partition coefficient (Wildman–Crippen LogP) is 20.8. The molecule has 5 heteroatoms. The molecule has 2 aromatic heterocycles. The van der Waals surface area contributed by atoms with Crippen LogP contribution in [0.2, 0.25) is 5.02 Å². The van der Waals surface area contributed by atoms with Crippen molar-refractivity contribution in [3.63, 3.8) is 0 Å². The third-order valence-corrected chi connectivity index (χ3v) is 14.1. The number of rotatable bonds is 8. The maximum Gasteiger partial charge on any atom is 0.136 e. The molecule has 14 rings (SSSR count). The average Bonchev–Trinajstić information content (AvgIpc) is 4.12. The molecule has 4 nitrogen and oxygen atoms in total. The van der Waals surface area contributed by atoms with Crippen LogP contribution in [0.3, 0.4) is 0 Å². The molecular formula is C72H51ClN2O2. The molecule has 0 aliphatic carbocycles. The van der Waals surface area contributed by atoms with Crippen LogP contribution in [0.1, 0.15) is 0 Å². The van der Waals surface area contributed by atoms with Crippen LogP contribution in [0.25, 0.3) is 111 Å². The van der Waals surface area contributed by atoms with E-state index in [0.717, 1.165) is 88.2 Å². The summed E-state index contributed by atoms with van der Waals surface area (Å²) in [6, 6.07) is 100. The van der Waals surface area contributed by atoms with Crippen LogP contribution in [0, 0.1) is 0 Å². The van der Waals surface area contributed by atoms with Gasteiger partial charge in [0.05, 0.1) is 0 Å². The zero-order valence-electron chi connectivity index (χ0n) is 42.0. The third kappa shape index (κ3) is 10.9. The van der Waals surface area contributed by atoms with Gasteiger partial charge in [-0.15, -0.1) is 0 Å². The lowest BCUT2D eigenvalue weighted by Gasteiger charge is -2.10. The number of furan rings is 2. The Balaban J connectivity index is 0.000000128. The molecule has 0 aliphatic heterocycles. The molecule has 0 aliphatic rings. The van der Waals surface area contributed by atoms with Crippen molar-refractivity contribution in [3.05, 3.63) is 296 Å². The summed E-state index contributed by atoms with van der Waals surface area (Å²) in [5, 5.41) is 8.89. The van der Waals surface area contributed by atoms with Crippen LogP contribution in [-0.4, -0.2) is 0 Å². The maximum absolute atomic E-state index is 6.07. The molecule has 0 spiro atoms. The van der Waals surface area contributed by atoms with Gasteiger partial charge in [-0.3, -0.25) is 0 Å². The molecule has 12 aromatic carbocycles. The van der Waals surface area contributed by atoms with Gasteiger partial charge in [-0.1, -0.05) is 218 Å². The fourth-order valence-corrected chi connectivity index (χ4v) is 9.88. The molecule has 0 bridgehead atoms. The summed E-state index contributed by atoms with van der Waals surface area (Å²) in [5.41, 5.74) is 26.6. The highest BCUT2D eigenvalue weighted by atomic mass is 35.5. The van der Waals surface area contributed by atoms with Crippen molar-refractivity contribution < 1.29 is 8.83 Å². The second-order valence-corrected chi connectivity index (χ2v) is 19.4.